The molecule has 1 saturated carbocycles. The van der Waals surface area contributed by atoms with Crippen LogP contribution in [0.15, 0.2) is 60.7 Å². The van der Waals surface area contributed by atoms with Gasteiger partial charge in [0.15, 0.2) is 0 Å². The van der Waals surface area contributed by atoms with Gasteiger partial charge in [-0.15, -0.1) is 0 Å². The summed E-state index contributed by atoms with van der Waals surface area (Å²) in [5.74, 6) is 1.33. The predicted molar refractivity (Wildman–Crippen MR) is 99.9 cm³/mol. The molecule has 0 aromatic heterocycles. The molecule has 0 N–H and O–H groups in total. The largest absolute Gasteiger partial charge is 0.299 e. The fraction of sp³-hybridized carbons (Fsp3) is 0.435. The van der Waals surface area contributed by atoms with Crippen LogP contribution in [0.4, 0.5) is 0 Å². The normalized spacial score (nSPS) is 23.2. The Morgan fingerprint density at radius 1 is 0.792 bits per heavy atom. The van der Waals surface area contributed by atoms with Crippen molar-refractivity contribution in [2.45, 2.75) is 39.5 Å². The van der Waals surface area contributed by atoms with E-state index < -0.39 is 0 Å². The van der Waals surface area contributed by atoms with Gasteiger partial charge in [-0.2, -0.15) is 0 Å². The summed E-state index contributed by atoms with van der Waals surface area (Å²) in [4.78, 5) is 13.4. The third-order valence-electron chi connectivity index (χ3n) is 5.79. The van der Waals surface area contributed by atoms with Crippen LogP contribution in [0.1, 0.15) is 45.2 Å². The number of Topliss-reactive ketones (excluding diaryl/α,β-unsaturated/α-hetero) is 1. The van der Waals surface area contributed by atoms with Crippen molar-refractivity contribution in [2.24, 2.45) is 23.7 Å². The van der Waals surface area contributed by atoms with Crippen LogP contribution in [0.25, 0.3) is 0 Å². The minimum Gasteiger partial charge on any atom is -0.299 e. The number of rotatable bonds is 4. The molecule has 2 aromatic carbocycles. The molecule has 126 valence electrons. The second-order valence-corrected chi connectivity index (χ2v) is 7.88. The van der Waals surface area contributed by atoms with E-state index in [9.17, 15) is 4.79 Å². The van der Waals surface area contributed by atoms with Gasteiger partial charge >= 0.3 is 0 Å². The van der Waals surface area contributed by atoms with Crippen LogP contribution in [0.2, 0.25) is 0 Å². The molecule has 0 bridgehead atoms. The van der Waals surface area contributed by atoms with E-state index in [0.29, 0.717) is 17.6 Å². The number of benzene rings is 2. The maximum atomic E-state index is 13.4. The van der Waals surface area contributed by atoms with E-state index in [1.54, 1.807) is 0 Å². The van der Waals surface area contributed by atoms with Crippen molar-refractivity contribution >= 4 is 5.78 Å². The Labute approximate surface area is 146 Å². The van der Waals surface area contributed by atoms with E-state index in [0.717, 1.165) is 6.42 Å². The van der Waals surface area contributed by atoms with Crippen LogP contribution in [0, 0.1) is 23.7 Å². The summed E-state index contributed by atoms with van der Waals surface area (Å²) < 4.78 is 0. The van der Waals surface area contributed by atoms with Crippen molar-refractivity contribution < 1.29 is 4.79 Å². The highest BCUT2D eigenvalue weighted by atomic mass is 16.1. The molecule has 0 spiro atoms. The Morgan fingerprint density at radius 2 is 1.25 bits per heavy atom. The summed E-state index contributed by atoms with van der Waals surface area (Å²) in [5.41, 5.74) is 2.36. The van der Waals surface area contributed by atoms with Crippen LogP contribution < -0.4 is 0 Å². The van der Waals surface area contributed by atoms with Crippen LogP contribution in [0.5, 0.6) is 0 Å². The molecule has 2 atom stereocenters. The van der Waals surface area contributed by atoms with Crippen molar-refractivity contribution in [3.63, 3.8) is 0 Å². The number of ketones is 1. The first kappa shape index (κ1) is 17.0. The maximum absolute atomic E-state index is 13.4. The summed E-state index contributed by atoms with van der Waals surface area (Å²) in [5, 5.41) is 0. The van der Waals surface area contributed by atoms with Gasteiger partial charge in [0, 0.05) is 17.3 Å². The van der Waals surface area contributed by atoms with E-state index in [2.05, 4.69) is 88.4 Å². The summed E-state index contributed by atoms with van der Waals surface area (Å²) in [6.45, 7) is 8.77. The third kappa shape index (κ3) is 2.60. The van der Waals surface area contributed by atoms with E-state index in [4.69, 9.17) is 0 Å². The molecule has 1 heteroatoms. The second kappa shape index (κ2) is 6.55. The lowest BCUT2D eigenvalue weighted by atomic mass is 9.64. The lowest BCUT2D eigenvalue weighted by Gasteiger charge is -2.38. The van der Waals surface area contributed by atoms with E-state index in [1.807, 2.05) is 0 Å². The van der Waals surface area contributed by atoms with Gasteiger partial charge in [-0.1, -0.05) is 88.4 Å². The SMILES string of the molecule is CC(C)[C@H]1CC(c2ccccc2)(c2ccccc2)[C@H](C(C)C)C1=O. The summed E-state index contributed by atoms with van der Waals surface area (Å²) in [6, 6.07) is 21.4. The molecule has 2 aromatic rings. The van der Waals surface area contributed by atoms with Gasteiger partial charge in [0.25, 0.3) is 0 Å². The lowest BCUT2D eigenvalue weighted by Crippen LogP contribution is -2.37. The van der Waals surface area contributed by atoms with E-state index in [1.165, 1.54) is 11.1 Å². The third-order valence-corrected chi connectivity index (χ3v) is 5.79. The van der Waals surface area contributed by atoms with Crippen molar-refractivity contribution in [3.05, 3.63) is 71.8 Å². The molecule has 0 amide bonds. The van der Waals surface area contributed by atoms with Gasteiger partial charge in [0.05, 0.1) is 0 Å². The molecule has 0 radical (unpaired) electrons. The van der Waals surface area contributed by atoms with Gasteiger partial charge in [-0.25, -0.2) is 0 Å². The minimum absolute atomic E-state index is 0.0368. The molecule has 0 heterocycles. The molecule has 1 aliphatic carbocycles. The smallest absolute Gasteiger partial charge is 0.140 e. The predicted octanol–water partition coefficient (Wildman–Crippen LogP) is 5.49. The van der Waals surface area contributed by atoms with Gasteiger partial charge in [-0.05, 0) is 29.4 Å². The Morgan fingerprint density at radius 3 is 1.62 bits per heavy atom. The molecular weight excluding hydrogens is 292 g/mol. The topological polar surface area (TPSA) is 17.1 Å². The molecule has 0 saturated heterocycles. The van der Waals surface area contributed by atoms with Crippen LogP contribution in [-0.4, -0.2) is 5.78 Å². The maximum Gasteiger partial charge on any atom is 0.140 e. The first-order chi connectivity index (χ1) is 11.5. The standard InChI is InChI=1S/C23H28O/c1-16(2)20-15-23(18-11-7-5-8-12-18,19-13-9-6-10-14-19)21(17(3)4)22(20)24/h5-14,16-17,20-21H,15H2,1-4H3/t20-,21-/m1/s1. The highest BCUT2D eigenvalue weighted by molar-refractivity contribution is 5.89. The molecule has 1 nitrogen and oxygen atoms in total. The fourth-order valence-electron chi connectivity index (χ4n) is 4.74. The quantitative estimate of drug-likeness (QED) is 0.728. The molecule has 24 heavy (non-hydrogen) atoms. The van der Waals surface area contributed by atoms with Gasteiger partial charge in [0.2, 0.25) is 0 Å². The van der Waals surface area contributed by atoms with Crippen LogP contribution in [-0.2, 0) is 10.2 Å². The number of carbonyl (C=O) groups excluding carboxylic acids is 1. The van der Waals surface area contributed by atoms with E-state index in [-0.39, 0.29) is 17.3 Å². The zero-order valence-electron chi connectivity index (χ0n) is 15.2. The zero-order valence-corrected chi connectivity index (χ0v) is 15.2. The average molecular weight is 320 g/mol. The second-order valence-electron chi connectivity index (χ2n) is 7.88. The monoisotopic (exact) mass is 320 g/mol. The Kier molecular flexibility index (Phi) is 4.62. The van der Waals surface area contributed by atoms with Crippen LogP contribution in [0.3, 0.4) is 0 Å². The molecule has 1 aliphatic rings. The first-order valence-electron chi connectivity index (χ1n) is 9.13. The van der Waals surface area contributed by atoms with Crippen LogP contribution >= 0.6 is 0 Å². The molecule has 0 aliphatic heterocycles. The molecular formula is C23H28O. The lowest BCUT2D eigenvalue weighted by molar-refractivity contribution is -0.126. The number of hydrogen-bond acceptors (Lipinski definition) is 1. The molecule has 0 unspecified atom stereocenters. The fourth-order valence-corrected chi connectivity index (χ4v) is 4.74. The Hall–Kier alpha value is -1.89. The van der Waals surface area contributed by atoms with Crippen molar-refractivity contribution in [1.82, 2.24) is 0 Å². The van der Waals surface area contributed by atoms with Gasteiger partial charge in [0.1, 0.15) is 5.78 Å². The Bertz CT molecular complexity index is 645. The average Bonchev–Trinajstić information content (AvgIpc) is 2.91. The van der Waals surface area contributed by atoms with E-state index >= 15 is 0 Å². The highest BCUT2D eigenvalue weighted by Crippen LogP contribution is 2.54. The molecule has 1 fully saturated rings. The zero-order chi connectivity index (χ0) is 17.3. The highest BCUT2D eigenvalue weighted by Gasteiger charge is 2.56. The molecule has 3 rings (SSSR count). The Balaban J connectivity index is 2.26. The van der Waals surface area contributed by atoms with Gasteiger partial charge in [-0.3, -0.25) is 4.79 Å². The van der Waals surface area contributed by atoms with Crippen molar-refractivity contribution in [2.75, 3.05) is 0 Å². The first-order valence-corrected chi connectivity index (χ1v) is 9.13. The number of carbonyl (C=O) groups is 1. The summed E-state index contributed by atoms with van der Waals surface area (Å²) >= 11 is 0. The summed E-state index contributed by atoms with van der Waals surface area (Å²) in [7, 11) is 0. The van der Waals surface area contributed by atoms with Gasteiger partial charge < -0.3 is 0 Å². The van der Waals surface area contributed by atoms with Crippen molar-refractivity contribution in [3.8, 4) is 0 Å². The minimum atomic E-state index is -0.206. The summed E-state index contributed by atoms with van der Waals surface area (Å²) in [6.07, 6.45) is 0.917. The van der Waals surface area contributed by atoms with Crippen molar-refractivity contribution in [1.29, 1.82) is 0 Å². The number of hydrogen-bond donors (Lipinski definition) is 0.